The molecule has 0 saturated carbocycles. The van der Waals surface area contributed by atoms with Crippen LogP contribution in [0.1, 0.15) is 58.3 Å². The highest BCUT2D eigenvalue weighted by molar-refractivity contribution is 7.46. The summed E-state index contributed by atoms with van der Waals surface area (Å²) in [5.41, 5.74) is 0. The third kappa shape index (κ3) is 14.1. The Balaban J connectivity index is 3.02. The molecule has 0 rings (SSSR count). The zero-order valence-electron chi connectivity index (χ0n) is 9.52. The van der Waals surface area contributed by atoms with Gasteiger partial charge < -0.3 is 9.79 Å². The summed E-state index contributed by atoms with van der Waals surface area (Å²) in [5, 5.41) is 0. The van der Waals surface area contributed by atoms with Crippen molar-refractivity contribution in [2.45, 2.75) is 58.3 Å². The van der Waals surface area contributed by atoms with E-state index >= 15 is 0 Å². The highest BCUT2D eigenvalue weighted by Gasteiger charge is 2.12. The first-order valence-electron chi connectivity index (χ1n) is 5.76. The largest absolute Gasteiger partial charge is 0.469 e. The van der Waals surface area contributed by atoms with Crippen LogP contribution in [0.2, 0.25) is 0 Å². The molecule has 0 radical (unpaired) electrons. The summed E-state index contributed by atoms with van der Waals surface area (Å²) in [6.07, 6.45) is 9.22. The minimum atomic E-state index is -4.24. The highest BCUT2D eigenvalue weighted by atomic mass is 31.2. The predicted molar refractivity (Wildman–Crippen MR) is 60.6 cm³/mol. The van der Waals surface area contributed by atoms with Gasteiger partial charge in [-0.3, -0.25) is 4.52 Å². The second-order valence-electron chi connectivity index (χ2n) is 3.80. The first kappa shape index (κ1) is 15.1. The van der Waals surface area contributed by atoms with Gasteiger partial charge in [0.15, 0.2) is 0 Å². The van der Waals surface area contributed by atoms with Crippen LogP contribution >= 0.6 is 7.82 Å². The molecule has 0 aliphatic rings. The van der Waals surface area contributed by atoms with Gasteiger partial charge in [0.05, 0.1) is 6.61 Å². The fourth-order valence-electron chi connectivity index (χ4n) is 1.42. The minimum absolute atomic E-state index is 0.166. The fourth-order valence-corrected chi connectivity index (χ4v) is 1.79. The summed E-state index contributed by atoms with van der Waals surface area (Å²) in [7, 11) is -4.24. The zero-order chi connectivity index (χ0) is 11.6. The van der Waals surface area contributed by atoms with Gasteiger partial charge >= 0.3 is 7.82 Å². The van der Waals surface area contributed by atoms with Crippen molar-refractivity contribution in [2.24, 2.45) is 0 Å². The molecule has 0 aliphatic heterocycles. The summed E-state index contributed by atoms with van der Waals surface area (Å²) in [4.78, 5) is 16.8. The summed E-state index contributed by atoms with van der Waals surface area (Å²) in [5.74, 6) is 0. The number of unbranched alkanes of at least 4 members (excludes halogenated alkanes) is 7. The second-order valence-corrected chi connectivity index (χ2v) is 5.04. The molecule has 5 heteroatoms. The Labute approximate surface area is 92.3 Å². The van der Waals surface area contributed by atoms with Crippen LogP contribution < -0.4 is 0 Å². The maximum absolute atomic E-state index is 10.3. The van der Waals surface area contributed by atoms with Crippen molar-refractivity contribution in [3.05, 3.63) is 0 Å². The predicted octanol–water partition coefficient (Wildman–Crippen LogP) is 3.24. The van der Waals surface area contributed by atoms with E-state index in [1.165, 1.54) is 32.1 Å². The number of hydrogen-bond donors (Lipinski definition) is 2. The monoisotopic (exact) mass is 238 g/mol. The Morgan fingerprint density at radius 3 is 1.87 bits per heavy atom. The topological polar surface area (TPSA) is 66.8 Å². The highest BCUT2D eigenvalue weighted by Crippen LogP contribution is 2.35. The summed E-state index contributed by atoms with van der Waals surface area (Å²) in [6, 6.07) is 0. The molecule has 0 heterocycles. The number of phosphoric ester groups is 1. The van der Waals surface area contributed by atoms with E-state index in [4.69, 9.17) is 9.79 Å². The SMILES string of the molecule is CCCCCCCCCCOP(=O)(O)O. The summed E-state index contributed by atoms with van der Waals surface area (Å²) >= 11 is 0. The van der Waals surface area contributed by atoms with E-state index in [9.17, 15) is 4.57 Å². The van der Waals surface area contributed by atoms with E-state index < -0.39 is 7.82 Å². The van der Waals surface area contributed by atoms with Gasteiger partial charge in [0, 0.05) is 0 Å². The van der Waals surface area contributed by atoms with Crippen molar-refractivity contribution < 1.29 is 18.9 Å². The maximum Gasteiger partial charge on any atom is 0.469 e. The average Bonchev–Trinajstić information content (AvgIpc) is 2.14. The lowest BCUT2D eigenvalue weighted by atomic mass is 10.1. The third-order valence-electron chi connectivity index (χ3n) is 2.26. The maximum atomic E-state index is 10.3. The molecule has 15 heavy (non-hydrogen) atoms. The van der Waals surface area contributed by atoms with E-state index in [0.717, 1.165) is 19.3 Å². The first-order valence-corrected chi connectivity index (χ1v) is 7.29. The van der Waals surface area contributed by atoms with Gasteiger partial charge in [-0.25, -0.2) is 4.57 Å². The van der Waals surface area contributed by atoms with Gasteiger partial charge in [-0.1, -0.05) is 51.9 Å². The molecule has 0 saturated heterocycles. The van der Waals surface area contributed by atoms with Gasteiger partial charge in [-0.2, -0.15) is 0 Å². The Hall–Kier alpha value is 0.110. The van der Waals surface area contributed by atoms with Gasteiger partial charge in [0.1, 0.15) is 0 Å². The molecule has 0 aromatic carbocycles. The van der Waals surface area contributed by atoms with Crippen LogP contribution in [0.5, 0.6) is 0 Å². The average molecular weight is 238 g/mol. The van der Waals surface area contributed by atoms with E-state index in [0.29, 0.717) is 0 Å². The Morgan fingerprint density at radius 2 is 1.40 bits per heavy atom. The van der Waals surface area contributed by atoms with Crippen LogP contribution in [0.4, 0.5) is 0 Å². The van der Waals surface area contributed by atoms with Crippen molar-refractivity contribution in [2.75, 3.05) is 6.61 Å². The van der Waals surface area contributed by atoms with Crippen LogP contribution in [0.3, 0.4) is 0 Å². The number of phosphoric acid groups is 1. The van der Waals surface area contributed by atoms with Crippen molar-refractivity contribution in [1.82, 2.24) is 0 Å². The summed E-state index contributed by atoms with van der Waals surface area (Å²) < 4.78 is 14.7. The van der Waals surface area contributed by atoms with Crippen molar-refractivity contribution in [3.63, 3.8) is 0 Å². The molecule has 0 bridgehead atoms. The van der Waals surface area contributed by atoms with E-state index in [-0.39, 0.29) is 6.61 Å². The molecule has 0 atom stereocenters. The van der Waals surface area contributed by atoms with Crippen molar-refractivity contribution in [3.8, 4) is 0 Å². The number of rotatable bonds is 10. The zero-order valence-corrected chi connectivity index (χ0v) is 10.4. The minimum Gasteiger partial charge on any atom is -0.303 e. The molecular formula is C10H23O4P. The number of hydrogen-bond acceptors (Lipinski definition) is 2. The van der Waals surface area contributed by atoms with E-state index in [1.807, 2.05) is 0 Å². The molecule has 0 spiro atoms. The van der Waals surface area contributed by atoms with Crippen LogP contribution in [0.15, 0.2) is 0 Å². The smallest absolute Gasteiger partial charge is 0.303 e. The molecule has 0 unspecified atom stereocenters. The molecule has 4 nitrogen and oxygen atoms in total. The van der Waals surface area contributed by atoms with Crippen LogP contribution in [-0.2, 0) is 9.09 Å². The standard InChI is InChI=1S/C10H23O4P/c1-2-3-4-5-6-7-8-9-10-14-15(11,12)13/h2-10H2,1H3,(H2,11,12,13). The van der Waals surface area contributed by atoms with Crippen LogP contribution in [0.25, 0.3) is 0 Å². The lowest BCUT2D eigenvalue weighted by Crippen LogP contribution is -1.92. The molecule has 0 aliphatic carbocycles. The van der Waals surface area contributed by atoms with Crippen molar-refractivity contribution >= 4 is 7.82 Å². The molecule has 0 aromatic heterocycles. The van der Waals surface area contributed by atoms with Gasteiger partial charge in [0.2, 0.25) is 0 Å². The third-order valence-corrected chi connectivity index (χ3v) is 2.78. The lowest BCUT2D eigenvalue weighted by molar-refractivity contribution is 0.193. The lowest BCUT2D eigenvalue weighted by Gasteiger charge is -2.04. The summed E-state index contributed by atoms with van der Waals surface area (Å²) in [6.45, 7) is 2.36. The fraction of sp³-hybridized carbons (Fsp3) is 1.00. The Morgan fingerprint density at radius 1 is 0.933 bits per heavy atom. The van der Waals surface area contributed by atoms with Gasteiger partial charge in [-0.05, 0) is 6.42 Å². The molecule has 2 N–H and O–H groups in total. The second kappa shape index (κ2) is 9.34. The normalized spacial score (nSPS) is 11.9. The van der Waals surface area contributed by atoms with Gasteiger partial charge in [-0.15, -0.1) is 0 Å². The van der Waals surface area contributed by atoms with Gasteiger partial charge in [0.25, 0.3) is 0 Å². The van der Waals surface area contributed by atoms with E-state index in [1.54, 1.807) is 0 Å². The molecule has 92 valence electrons. The molecule has 0 fully saturated rings. The molecule has 0 aromatic rings. The van der Waals surface area contributed by atoms with Crippen LogP contribution in [0, 0.1) is 0 Å². The Kier molecular flexibility index (Phi) is 9.41. The molecular weight excluding hydrogens is 215 g/mol. The Bertz CT molecular complexity index is 178. The first-order chi connectivity index (χ1) is 7.06. The molecule has 0 amide bonds. The van der Waals surface area contributed by atoms with Crippen LogP contribution in [-0.4, -0.2) is 16.4 Å². The van der Waals surface area contributed by atoms with E-state index in [2.05, 4.69) is 11.4 Å². The quantitative estimate of drug-likeness (QED) is 0.453. The van der Waals surface area contributed by atoms with Crippen molar-refractivity contribution in [1.29, 1.82) is 0 Å².